The molecule has 0 aromatic heterocycles. The molecular weight excluding hydrogens is 258 g/mol. The van der Waals surface area contributed by atoms with Gasteiger partial charge in [0.2, 0.25) is 0 Å². The first-order valence-electron chi connectivity index (χ1n) is 6.71. The van der Waals surface area contributed by atoms with Crippen LogP contribution in [0.2, 0.25) is 0 Å². The van der Waals surface area contributed by atoms with Crippen molar-refractivity contribution in [1.29, 1.82) is 0 Å². The fourth-order valence-electron chi connectivity index (χ4n) is 2.16. The van der Waals surface area contributed by atoms with E-state index in [2.05, 4.69) is 0 Å². The van der Waals surface area contributed by atoms with Gasteiger partial charge in [0.25, 0.3) is 0 Å². The van der Waals surface area contributed by atoms with Crippen molar-refractivity contribution in [3.8, 4) is 0 Å². The molecule has 0 saturated carbocycles. The van der Waals surface area contributed by atoms with Crippen LogP contribution in [0.15, 0.2) is 30.3 Å². The average molecular weight is 277 g/mol. The summed E-state index contributed by atoms with van der Waals surface area (Å²) in [5.41, 5.74) is 0.927. The summed E-state index contributed by atoms with van der Waals surface area (Å²) in [7, 11) is 0. The molecule has 0 radical (unpaired) electrons. The number of benzene rings is 1. The maximum Gasteiger partial charge on any atom is 0.413 e. The number of ether oxygens (including phenoxy) is 2. The Kier molecular flexibility index (Phi) is 4.61. The SMILES string of the molecule is CC(C)[C@H]1CC(=O)OCN1C(=O)OCc1ccccc1. The standard InChI is InChI=1S/C15H19NO4/c1-11(2)13-8-14(17)20-10-16(13)15(18)19-9-12-6-4-3-5-7-12/h3-7,11,13H,8-10H2,1-2H3/t13-/m1/s1. The zero-order chi connectivity index (χ0) is 14.5. The third kappa shape index (κ3) is 3.50. The zero-order valence-corrected chi connectivity index (χ0v) is 11.7. The number of nitrogens with zero attached hydrogens (tertiary/aromatic N) is 1. The molecule has 1 aromatic carbocycles. The first kappa shape index (κ1) is 14.4. The highest BCUT2D eigenvalue weighted by Gasteiger charge is 2.34. The Hall–Kier alpha value is -2.04. The summed E-state index contributed by atoms with van der Waals surface area (Å²) in [5, 5.41) is 0. The maximum absolute atomic E-state index is 12.1. The van der Waals surface area contributed by atoms with E-state index in [1.54, 1.807) is 0 Å². The first-order chi connectivity index (χ1) is 9.58. The lowest BCUT2D eigenvalue weighted by molar-refractivity contribution is -0.159. The largest absolute Gasteiger partial charge is 0.444 e. The highest BCUT2D eigenvalue weighted by Crippen LogP contribution is 2.21. The van der Waals surface area contributed by atoms with Crippen LogP contribution < -0.4 is 0 Å². The Morgan fingerprint density at radius 1 is 1.40 bits per heavy atom. The predicted molar refractivity (Wildman–Crippen MR) is 72.7 cm³/mol. The van der Waals surface area contributed by atoms with Gasteiger partial charge in [-0.1, -0.05) is 44.2 Å². The van der Waals surface area contributed by atoms with Crippen LogP contribution >= 0.6 is 0 Å². The molecule has 1 aromatic rings. The number of carbonyl (C=O) groups is 2. The number of hydrogen-bond donors (Lipinski definition) is 0. The molecule has 0 unspecified atom stereocenters. The lowest BCUT2D eigenvalue weighted by atomic mass is 9.99. The molecular formula is C15H19NO4. The van der Waals surface area contributed by atoms with E-state index in [1.165, 1.54) is 4.90 Å². The number of cyclic esters (lactones) is 1. The Morgan fingerprint density at radius 3 is 2.75 bits per heavy atom. The number of carbonyl (C=O) groups excluding carboxylic acids is 2. The van der Waals surface area contributed by atoms with Crippen LogP contribution in [0, 0.1) is 5.92 Å². The summed E-state index contributed by atoms with van der Waals surface area (Å²) in [6.45, 7) is 4.13. The van der Waals surface area contributed by atoms with E-state index in [0.717, 1.165) is 5.56 Å². The van der Waals surface area contributed by atoms with E-state index in [0.29, 0.717) is 0 Å². The fraction of sp³-hybridized carbons (Fsp3) is 0.467. The Balaban J connectivity index is 1.95. The molecule has 0 N–H and O–H groups in total. The molecule has 1 amide bonds. The van der Waals surface area contributed by atoms with Gasteiger partial charge in [0.05, 0.1) is 12.5 Å². The van der Waals surface area contributed by atoms with Gasteiger partial charge in [-0.2, -0.15) is 0 Å². The summed E-state index contributed by atoms with van der Waals surface area (Å²) in [6.07, 6.45) is -0.224. The molecule has 1 aliphatic heterocycles. The van der Waals surface area contributed by atoms with Crippen molar-refractivity contribution in [3.63, 3.8) is 0 Å². The lowest BCUT2D eigenvalue weighted by Gasteiger charge is -2.36. The quantitative estimate of drug-likeness (QED) is 0.797. The number of hydrogen-bond acceptors (Lipinski definition) is 4. The summed E-state index contributed by atoms with van der Waals surface area (Å²) < 4.78 is 10.2. The summed E-state index contributed by atoms with van der Waals surface area (Å²) in [5.74, 6) is -0.0945. The predicted octanol–water partition coefficient (Wildman–Crippen LogP) is 2.55. The third-order valence-electron chi connectivity index (χ3n) is 3.35. The lowest BCUT2D eigenvalue weighted by Crippen LogP contribution is -2.50. The van der Waals surface area contributed by atoms with E-state index in [9.17, 15) is 9.59 Å². The van der Waals surface area contributed by atoms with Gasteiger partial charge in [-0.3, -0.25) is 9.69 Å². The van der Waals surface area contributed by atoms with Crippen molar-refractivity contribution in [2.24, 2.45) is 5.92 Å². The van der Waals surface area contributed by atoms with Gasteiger partial charge >= 0.3 is 12.1 Å². The smallest absolute Gasteiger partial charge is 0.413 e. The van der Waals surface area contributed by atoms with Gasteiger partial charge in [0.1, 0.15) is 6.61 Å². The van der Waals surface area contributed by atoms with Crippen LogP contribution in [-0.4, -0.2) is 29.7 Å². The van der Waals surface area contributed by atoms with E-state index >= 15 is 0 Å². The van der Waals surface area contributed by atoms with Crippen LogP contribution in [0.3, 0.4) is 0 Å². The highest BCUT2D eigenvalue weighted by atomic mass is 16.6. The van der Waals surface area contributed by atoms with Gasteiger partial charge in [-0.05, 0) is 11.5 Å². The average Bonchev–Trinajstić information content (AvgIpc) is 2.45. The van der Waals surface area contributed by atoms with Gasteiger partial charge < -0.3 is 9.47 Å². The normalized spacial score (nSPS) is 18.9. The van der Waals surface area contributed by atoms with E-state index in [-0.39, 0.29) is 37.7 Å². The molecule has 1 heterocycles. The molecule has 1 fully saturated rings. The van der Waals surface area contributed by atoms with Crippen LogP contribution in [0.5, 0.6) is 0 Å². The topological polar surface area (TPSA) is 55.8 Å². The molecule has 0 bridgehead atoms. The summed E-state index contributed by atoms with van der Waals surface area (Å²) >= 11 is 0. The molecule has 5 nitrogen and oxygen atoms in total. The minimum atomic E-state index is -0.444. The second kappa shape index (κ2) is 6.41. The van der Waals surface area contributed by atoms with Crippen molar-refractivity contribution < 1.29 is 19.1 Å². The van der Waals surface area contributed by atoms with Crippen LogP contribution in [0.25, 0.3) is 0 Å². The summed E-state index contributed by atoms with van der Waals surface area (Å²) in [6, 6.07) is 9.31. The number of amides is 1. The van der Waals surface area contributed by atoms with Crippen molar-refractivity contribution in [2.45, 2.75) is 32.9 Å². The molecule has 5 heteroatoms. The molecule has 20 heavy (non-hydrogen) atoms. The molecule has 1 atom stereocenters. The molecule has 108 valence electrons. The molecule has 1 aliphatic rings. The van der Waals surface area contributed by atoms with E-state index in [4.69, 9.17) is 9.47 Å². The van der Waals surface area contributed by atoms with Crippen molar-refractivity contribution in [3.05, 3.63) is 35.9 Å². The van der Waals surface area contributed by atoms with E-state index in [1.807, 2.05) is 44.2 Å². The van der Waals surface area contributed by atoms with Crippen LogP contribution in [-0.2, 0) is 20.9 Å². The monoisotopic (exact) mass is 277 g/mol. The van der Waals surface area contributed by atoms with E-state index < -0.39 is 6.09 Å². The zero-order valence-electron chi connectivity index (χ0n) is 11.7. The third-order valence-corrected chi connectivity index (χ3v) is 3.35. The van der Waals surface area contributed by atoms with Crippen LogP contribution in [0.4, 0.5) is 4.79 Å². The maximum atomic E-state index is 12.1. The van der Waals surface area contributed by atoms with Crippen molar-refractivity contribution >= 4 is 12.1 Å². The van der Waals surface area contributed by atoms with Crippen molar-refractivity contribution in [1.82, 2.24) is 4.90 Å². The van der Waals surface area contributed by atoms with Gasteiger partial charge in [-0.15, -0.1) is 0 Å². The highest BCUT2D eigenvalue weighted by molar-refractivity contribution is 5.75. The minimum absolute atomic E-state index is 0.0324. The fourth-order valence-corrected chi connectivity index (χ4v) is 2.16. The van der Waals surface area contributed by atoms with Gasteiger partial charge in [-0.25, -0.2) is 4.79 Å². The minimum Gasteiger partial charge on any atom is -0.444 e. The molecule has 1 saturated heterocycles. The second-order valence-corrected chi connectivity index (χ2v) is 5.17. The number of rotatable bonds is 3. The van der Waals surface area contributed by atoms with Crippen LogP contribution in [0.1, 0.15) is 25.8 Å². The second-order valence-electron chi connectivity index (χ2n) is 5.17. The molecule has 0 spiro atoms. The van der Waals surface area contributed by atoms with Crippen molar-refractivity contribution in [2.75, 3.05) is 6.73 Å². The Morgan fingerprint density at radius 2 is 2.10 bits per heavy atom. The first-order valence-corrected chi connectivity index (χ1v) is 6.71. The molecule has 0 aliphatic carbocycles. The summed E-state index contributed by atoms with van der Waals surface area (Å²) in [4.78, 5) is 24.9. The Labute approximate surface area is 118 Å². The number of esters is 1. The van der Waals surface area contributed by atoms with Gasteiger partial charge in [0.15, 0.2) is 6.73 Å². The Bertz CT molecular complexity index is 472. The molecule has 2 rings (SSSR count). The van der Waals surface area contributed by atoms with Gasteiger partial charge in [0, 0.05) is 0 Å².